The molecule has 0 aromatic carbocycles. The molecular formula is C12H18BrN3. The van der Waals surface area contributed by atoms with Gasteiger partial charge < -0.3 is 4.90 Å². The van der Waals surface area contributed by atoms with E-state index in [1.54, 1.807) is 6.33 Å². The predicted octanol–water partition coefficient (Wildman–Crippen LogP) is 3.26. The highest BCUT2D eigenvalue weighted by atomic mass is 79.9. The Hall–Kier alpha value is -0.640. The van der Waals surface area contributed by atoms with E-state index in [-0.39, 0.29) is 0 Å². The minimum absolute atomic E-state index is 0.840. The first kappa shape index (κ1) is 11.8. The molecule has 1 aromatic rings. The molecule has 0 atom stereocenters. The first-order chi connectivity index (χ1) is 7.75. The standard InChI is InChI=1S/C12H18BrN3/c1-16(8-10-5-3-2-4-6-10)12-7-11(13)14-9-15-12/h7,9-10H,2-6,8H2,1H3. The fraction of sp³-hybridized carbons (Fsp3) is 0.667. The Labute approximate surface area is 105 Å². The summed E-state index contributed by atoms with van der Waals surface area (Å²) >= 11 is 3.38. The maximum Gasteiger partial charge on any atom is 0.132 e. The summed E-state index contributed by atoms with van der Waals surface area (Å²) in [4.78, 5) is 10.6. The molecule has 1 heterocycles. The highest BCUT2D eigenvalue weighted by Crippen LogP contribution is 2.25. The lowest BCUT2D eigenvalue weighted by Gasteiger charge is -2.27. The van der Waals surface area contributed by atoms with Crippen LogP contribution in [0.15, 0.2) is 17.0 Å². The first-order valence-corrected chi connectivity index (χ1v) is 6.73. The van der Waals surface area contributed by atoms with E-state index in [0.717, 1.165) is 22.9 Å². The molecule has 88 valence electrons. The number of hydrogen-bond donors (Lipinski definition) is 0. The van der Waals surface area contributed by atoms with E-state index in [9.17, 15) is 0 Å². The summed E-state index contributed by atoms with van der Waals surface area (Å²) < 4.78 is 0.855. The zero-order valence-electron chi connectivity index (χ0n) is 9.69. The molecule has 0 spiro atoms. The second kappa shape index (κ2) is 5.62. The Morgan fingerprint density at radius 2 is 2.06 bits per heavy atom. The Morgan fingerprint density at radius 1 is 1.31 bits per heavy atom. The van der Waals surface area contributed by atoms with E-state index < -0.39 is 0 Å². The highest BCUT2D eigenvalue weighted by molar-refractivity contribution is 9.10. The molecule has 1 aromatic heterocycles. The largest absolute Gasteiger partial charge is 0.359 e. The molecule has 1 aliphatic rings. The van der Waals surface area contributed by atoms with Crippen molar-refractivity contribution in [1.82, 2.24) is 9.97 Å². The van der Waals surface area contributed by atoms with E-state index in [0.29, 0.717) is 0 Å². The smallest absolute Gasteiger partial charge is 0.132 e. The van der Waals surface area contributed by atoms with Crippen molar-refractivity contribution >= 4 is 21.7 Å². The molecule has 4 heteroatoms. The monoisotopic (exact) mass is 283 g/mol. The van der Waals surface area contributed by atoms with Gasteiger partial charge in [-0.05, 0) is 34.7 Å². The molecule has 2 rings (SSSR count). The number of hydrogen-bond acceptors (Lipinski definition) is 3. The van der Waals surface area contributed by atoms with Crippen LogP contribution in [-0.4, -0.2) is 23.6 Å². The Morgan fingerprint density at radius 3 is 2.75 bits per heavy atom. The summed E-state index contributed by atoms with van der Waals surface area (Å²) in [5.41, 5.74) is 0. The quantitative estimate of drug-likeness (QED) is 0.798. The lowest BCUT2D eigenvalue weighted by atomic mass is 9.89. The number of halogens is 1. The van der Waals surface area contributed by atoms with Crippen LogP contribution < -0.4 is 4.90 Å². The summed E-state index contributed by atoms with van der Waals surface area (Å²) in [7, 11) is 2.11. The van der Waals surface area contributed by atoms with Gasteiger partial charge in [0.15, 0.2) is 0 Å². The summed E-state index contributed by atoms with van der Waals surface area (Å²) in [6, 6.07) is 1.98. The third kappa shape index (κ3) is 3.17. The number of anilines is 1. The fourth-order valence-corrected chi connectivity index (χ4v) is 2.68. The Kier molecular flexibility index (Phi) is 4.16. The molecule has 0 saturated heterocycles. The molecule has 0 amide bonds. The Balaban J connectivity index is 1.94. The lowest BCUT2D eigenvalue weighted by molar-refractivity contribution is 0.361. The molecule has 1 saturated carbocycles. The van der Waals surface area contributed by atoms with Gasteiger partial charge in [0, 0.05) is 19.7 Å². The van der Waals surface area contributed by atoms with Crippen molar-refractivity contribution in [2.75, 3.05) is 18.5 Å². The normalized spacial score (nSPS) is 17.4. The summed E-state index contributed by atoms with van der Waals surface area (Å²) in [6.07, 6.45) is 8.56. The lowest BCUT2D eigenvalue weighted by Crippen LogP contribution is -2.27. The number of nitrogens with zero attached hydrogens (tertiary/aromatic N) is 3. The number of rotatable bonds is 3. The van der Waals surface area contributed by atoms with Gasteiger partial charge in [0.2, 0.25) is 0 Å². The third-order valence-corrected chi connectivity index (χ3v) is 3.70. The number of aromatic nitrogens is 2. The van der Waals surface area contributed by atoms with E-state index in [4.69, 9.17) is 0 Å². The van der Waals surface area contributed by atoms with Crippen LogP contribution in [0, 0.1) is 5.92 Å². The van der Waals surface area contributed by atoms with Gasteiger partial charge in [-0.25, -0.2) is 9.97 Å². The molecule has 3 nitrogen and oxygen atoms in total. The van der Waals surface area contributed by atoms with Gasteiger partial charge in [-0.15, -0.1) is 0 Å². The van der Waals surface area contributed by atoms with Gasteiger partial charge in [0.25, 0.3) is 0 Å². The van der Waals surface area contributed by atoms with Crippen LogP contribution in [0.4, 0.5) is 5.82 Å². The second-order valence-electron chi connectivity index (χ2n) is 4.58. The van der Waals surface area contributed by atoms with E-state index in [2.05, 4.69) is 37.8 Å². The zero-order valence-corrected chi connectivity index (χ0v) is 11.3. The molecule has 0 N–H and O–H groups in total. The van der Waals surface area contributed by atoms with E-state index in [1.165, 1.54) is 32.1 Å². The van der Waals surface area contributed by atoms with Gasteiger partial charge in [0.05, 0.1) is 0 Å². The van der Waals surface area contributed by atoms with E-state index in [1.807, 2.05) is 6.07 Å². The molecule has 16 heavy (non-hydrogen) atoms. The average molecular weight is 284 g/mol. The molecule has 0 unspecified atom stereocenters. The molecule has 0 bridgehead atoms. The summed E-state index contributed by atoms with van der Waals surface area (Å²) in [5, 5.41) is 0. The van der Waals surface area contributed by atoms with Crippen molar-refractivity contribution in [2.24, 2.45) is 5.92 Å². The van der Waals surface area contributed by atoms with E-state index >= 15 is 0 Å². The molecule has 1 fully saturated rings. The third-order valence-electron chi connectivity index (χ3n) is 3.27. The van der Waals surface area contributed by atoms with Crippen molar-refractivity contribution in [3.63, 3.8) is 0 Å². The maximum absolute atomic E-state index is 4.29. The summed E-state index contributed by atoms with van der Waals surface area (Å²) in [5.74, 6) is 1.85. The van der Waals surface area contributed by atoms with Gasteiger partial charge in [-0.1, -0.05) is 19.3 Å². The molecule has 1 aliphatic carbocycles. The minimum Gasteiger partial charge on any atom is -0.359 e. The molecule has 0 aliphatic heterocycles. The van der Waals surface area contributed by atoms with Crippen molar-refractivity contribution in [1.29, 1.82) is 0 Å². The second-order valence-corrected chi connectivity index (χ2v) is 5.40. The molecular weight excluding hydrogens is 266 g/mol. The SMILES string of the molecule is CN(CC1CCCCC1)c1cc(Br)ncn1. The average Bonchev–Trinajstić information content (AvgIpc) is 2.30. The maximum atomic E-state index is 4.29. The van der Waals surface area contributed by atoms with Crippen molar-refractivity contribution < 1.29 is 0 Å². The van der Waals surface area contributed by atoms with Gasteiger partial charge in [-0.2, -0.15) is 0 Å². The van der Waals surface area contributed by atoms with Gasteiger partial charge in [-0.3, -0.25) is 0 Å². The highest BCUT2D eigenvalue weighted by Gasteiger charge is 2.16. The summed E-state index contributed by atoms with van der Waals surface area (Å²) in [6.45, 7) is 1.11. The van der Waals surface area contributed by atoms with Crippen LogP contribution in [0.5, 0.6) is 0 Å². The van der Waals surface area contributed by atoms with Crippen LogP contribution in [0.1, 0.15) is 32.1 Å². The van der Waals surface area contributed by atoms with Crippen molar-refractivity contribution in [3.8, 4) is 0 Å². The van der Waals surface area contributed by atoms with Crippen molar-refractivity contribution in [3.05, 3.63) is 17.0 Å². The zero-order chi connectivity index (χ0) is 11.4. The molecule has 0 radical (unpaired) electrons. The van der Waals surface area contributed by atoms with Gasteiger partial charge >= 0.3 is 0 Å². The van der Waals surface area contributed by atoms with Crippen LogP contribution in [0.3, 0.4) is 0 Å². The predicted molar refractivity (Wildman–Crippen MR) is 69.6 cm³/mol. The topological polar surface area (TPSA) is 29.0 Å². The van der Waals surface area contributed by atoms with Crippen molar-refractivity contribution in [2.45, 2.75) is 32.1 Å². The fourth-order valence-electron chi connectivity index (χ4n) is 2.38. The Bertz CT molecular complexity index is 337. The van der Waals surface area contributed by atoms with Crippen LogP contribution >= 0.6 is 15.9 Å². The minimum atomic E-state index is 0.840. The first-order valence-electron chi connectivity index (χ1n) is 5.94. The van der Waals surface area contributed by atoms with Crippen LogP contribution in [0.25, 0.3) is 0 Å². The van der Waals surface area contributed by atoms with Crippen LogP contribution in [-0.2, 0) is 0 Å². The van der Waals surface area contributed by atoms with Crippen LogP contribution in [0.2, 0.25) is 0 Å². The van der Waals surface area contributed by atoms with Gasteiger partial charge in [0.1, 0.15) is 16.7 Å².